The summed E-state index contributed by atoms with van der Waals surface area (Å²) in [4.78, 5) is 13.0. The minimum atomic E-state index is -4.89. The van der Waals surface area contributed by atoms with Crippen molar-refractivity contribution < 1.29 is 27.8 Å². The largest absolute Gasteiger partial charge is 0.573 e. The second-order valence-corrected chi connectivity index (χ2v) is 6.33. The van der Waals surface area contributed by atoms with Crippen molar-refractivity contribution in [1.82, 2.24) is 15.0 Å². The molecular formula is C16H13F3N4O3S. The van der Waals surface area contributed by atoms with Crippen LogP contribution in [0.5, 0.6) is 5.75 Å². The third-order valence-corrected chi connectivity index (χ3v) is 4.34. The number of aliphatic hydroxyl groups excluding tert-OH is 1. The maximum atomic E-state index is 12.4. The number of benzene rings is 1. The van der Waals surface area contributed by atoms with E-state index in [0.717, 1.165) is 10.9 Å². The third kappa shape index (κ3) is 5.05. The van der Waals surface area contributed by atoms with Crippen molar-refractivity contribution in [3.63, 3.8) is 0 Å². The number of thiophene rings is 1. The lowest BCUT2D eigenvalue weighted by Crippen LogP contribution is -2.19. The van der Waals surface area contributed by atoms with Crippen LogP contribution < -0.4 is 10.1 Å². The highest BCUT2D eigenvalue weighted by Crippen LogP contribution is 2.30. The number of alkyl halides is 3. The van der Waals surface area contributed by atoms with Crippen LogP contribution in [0.15, 0.2) is 48.0 Å². The highest BCUT2D eigenvalue weighted by atomic mass is 32.1. The van der Waals surface area contributed by atoms with E-state index in [1.165, 1.54) is 40.4 Å². The molecule has 0 saturated carbocycles. The van der Waals surface area contributed by atoms with Gasteiger partial charge in [0.05, 0.1) is 18.4 Å². The van der Waals surface area contributed by atoms with Gasteiger partial charge in [0.15, 0.2) is 11.4 Å². The molecule has 1 amide bonds. The number of halogens is 3. The average molecular weight is 398 g/mol. The Bertz CT molecular complexity index is 912. The van der Waals surface area contributed by atoms with Crippen molar-refractivity contribution in [3.8, 4) is 5.75 Å². The van der Waals surface area contributed by atoms with E-state index in [9.17, 15) is 23.1 Å². The monoisotopic (exact) mass is 398 g/mol. The van der Waals surface area contributed by atoms with E-state index in [1.807, 2.05) is 5.38 Å². The van der Waals surface area contributed by atoms with Crippen molar-refractivity contribution in [2.45, 2.75) is 19.0 Å². The lowest BCUT2D eigenvalue weighted by molar-refractivity contribution is -0.274. The lowest BCUT2D eigenvalue weighted by atomic mass is 10.3. The Morgan fingerprint density at radius 2 is 2.07 bits per heavy atom. The SMILES string of the molecule is O=C(Nc1ccccc1OC(F)(F)F)c1cn(CC(O)c2cccs2)nn1. The highest BCUT2D eigenvalue weighted by Gasteiger charge is 2.32. The fourth-order valence-electron chi connectivity index (χ4n) is 2.21. The summed E-state index contributed by atoms with van der Waals surface area (Å²) in [5.41, 5.74) is -0.275. The molecule has 27 heavy (non-hydrogen) atoms. The second kappa shape index (κ2) is 7.76. The first-order chi connectivity index (χ1) is 12.8. The number of carbonyl (C=O) groups excluding carboxylic acids is 1. The summed E-state index contributed by atoms with van der Waals surface area (Å²) in [5, 5.41) is 21.6. The number of hydrogen-bond donors (Lipinski definition) is 2. The summed E-state index contributed by atoms with van der Waals surface area (Å²) in [6.45, 7) is 0.0779. The molecule has 0 spiro atoms. The van der Waals surface area contributed by atoms with Gasteiger partial charge in [-0.05, 0) is 23.6 Å². The molecule has 7 nitrogen and oxygen atoms in total. The molecule has 0 radical (unpaired) electrons. The number of anilines is 1. The van der Waals surface area contributed by atoms with Crippen LogP contribution in [0, 0.1) is 0 Å². The predicted octanol–water partition coefficient (Wildman–Crippen LogP) is 3.22. The summed E-state index contributed by atoms with van der Waals surface area (Å²) >= 11 is 1.37. The van der Waals surface area contributed by atoms with Gasteiger partial charge in [-0.15, -0.1) is 29.6 Å². The van der Waals surface area contributed by atoms with Gasteiger partial charge >= 0.3 is 6.36 Å². The maximum Gasteiger partial charge on any atom is 0.573 e. The number of ether oxygens (including phenoxy) is 1. The van der Waals surface area contributed by atoms with Gasteiger partial charge < -0.3 is 15.2 Å². The molecule has 1 unspecified atom stereocenters. The van der Waals surface area contributed by atoms with E-state index >= 15 is 0 Å². The Balaban J connectivity index is 1.68. The Morgan fingerprint density at radius 1 is 1.30 bits per heavy atom. The van der Waals surface area contributed by atoms with Crippen molar-refractivity contribution in [1.29, 1.82) is 0 Å². The molecule has 1 aromatic carbocycles. The number of para-hydroxylation sites is 2. The van der Waals surface area contributed by atoms with Crippen molar-refractivity contribution in [3.05, 3.63) is 58.5 Å². The zero-order chi connectivity index (χ0) is 19.4. The average Bonchev–Trinajstić information content (AvgIpc) is 3.26. The minimum Gasteiger partial charge on any atom is -0.404 e. The van der Waals surface area contributed by atoms with Crippen molar-refractivity contribution in [2.75, 3.05) is 5.32 Å². The second-order valence-electron chi connectivity index (χ2n) is 5.36. The molecule has 142 valence electrons. The van der Waals surface area contributed by atoms with Gasteiger partial charge in [-0.3, -0.25) is 4.79 Å². The molecule has 0 saturated heterocycles. The zero-order valence-electron chi connectivity index (χ0n) is 13.6. The third-order valence-electron chi connectivity index (χ3n) is 3.36. The Morgan fingerprint density at radius 3 is 2.78 bits per heavy atom. The van der Waals surface area contributed by atoms with Crippen LogP contribution >= 0.6 is 11.3 Å². The molecule has 0 fully saturated rings. The molecular weight excluding hydrogens is 385 g/mol. The minimum absolute atomic E-state index is 0.0779. The highest BCUT2D eigenvalue weighted by molar-refractivity contribution is 7.10. The number of amides is 1. The van der Waals surface area contributed by atoms with Crippen molar-refractivity contribution in [2.24, 2.45) is 0 Å². The van der Waals surface area contributed by atoms with E-state index in [0.29, 0.717) is 0 Å². The molecule has 3 rings (SSSR count). The van der Waals surface area contributed by atoms with Crippen molar-refractivity contribution >= 4 is 22.9 Å². The van der Waals surface area contributed by atoms with Crippen LogP contribution in [-0.4, -0.2) is 32.4 Å². The van der Waals surface area contributed by atoms with Crippen LogP contribution in [-0.2, 0) is 6.54 Å². The summed E-state index contributed by atoms with van der Waals surface area (Å²) in [5.74, 6) is -1.30. The van der Waals surface area contributed by atoms with Gasteiger partial charge in [0.2, 0.25) is 0 Å². The van der Waals surface area contributed by atoms with E-state index in [4.69, 9.17) is 0 Å². The molecule has 11 heteroatoms. The molecule has 3 aromatic rings. The quantitative estimate of drug-likeness (QED) is 0.666. The predicted molar refractivity (Wildman–Crippen MR) is 90.4 cm³/mol. The summed E-state index contributed by atoms with van der Waals surface area (Å²) in [6, 6.07) is 8.70. The summed E-state index contributed by atoms with van der Waals surface area (Å²) < 4.78 is 42.5. The molecule has 0 aliphatic heterocycles. The van der Waals surface area contributed by atoms with E-state index in [2.05, 4.69) is 20.4 Å². The maximum absolute atomic E-state index is 12.4. The Hall–Kier alpha value is -2.92. The van der Waals surface area contributed by atoms with Crippen LogP contribution in [0.4, 0.5) is 18.9 Å². The first-order valence-electron chi connectivity index (χ1n) is 7.59. The summed E-state index contributed by atoms with van der Waals surface area (Å²) in [6.07, 6.45) is -4.41. The van der Waals surface area contributed by atoms with Crippen LogP contribution in [0.1, 0.15) is 21.5 Å². The number of hydrogen-bond acceptors (Lipinski definition) is 6. The normalized spacial score (nSPS) is 12.6. The van der Waals surface area contributed by atoms with E-state index in [-0.39, 0.29) is 17.9 Å². The van der Waals surface area contributed by atoms with E-state index < -0.39 is 24.1 Å². The Labute approximate surface area is 155 Å². The number of nitrogens with zero attached hydrogens (tertiary/aromatic N) is 3. The smallest absolute Gasteiger partial charge is 0.404 e. The molecule has 0 aliphatic carbocycles. The fraction of sp³-hybridized carbons (Fsp3) is 0.188. The number of aliphatic hydroxyl groups is 1. The summed E-state index contributed by atoms with van der Waals surface area (Å²) in [7, 11) is 0. The molecule has 0 bridgehead atoms. The standard InChI is InChI=1S/C16H13F3N4O3S/c17-16(18,19)26-13-5-2-1-4-10(13)20-15(25)11-8-23(22-21-11)9-12(24)14-6-3-7-27-14/h1-8,12,24H,9H2,(H,20,25). The molecule has 2 heterocycles. The van der Waals surface area contributed by atoms with Gasteiger partial charge in [-0.25, -0.2) is 4.68 Å². The van der Waals surface area contributed by atoms with Gasteiger partial charge in [-0.2, -0.15) is 0 Å². The number of aromatic nitrogens is 3. The molecule has 2 aromatic heterocycles. The van der Waals surface area contributed by atoms with Gasteiger partial charge in [-0.1, -0.05) is 23.4 Å². The molecule has 1 atom stereocenters. The Kier molecular flexibility index (Phi) is 5.42. The van der Waals surface area contributed by atoms with Crippen LogP contribution in [0.3, 0.4) is 0 Å². The molecule has 0 aliphatic rings. The first kappa shape index (κ1) is 18.9. The van der Waals surface area contributed by atoms with Gasteiger partial charge in [0.25, 0.3) is 5.91 Å². The number of carbonyl (C=O) groups is 1. The van der Waals surface area contributed by atoms with Crippen LogP contribution in [0.25, 0.3) is 0 Å². The zero-order valence-corrected chi connectivity index (χ0v) is 14.4. The van der Waals surface area contributed by atoms with E-state index in [1.54, 1.807) is 12.1 Å². The number of nitrogens with one attached hydrogen (secondary N) is 1. The van der Waals surface area contributed by atoms with Gasteiger partial charge in [0, 0.05) is 4.88 Å². The number of rotatable bonds is 6. The van der Waals surface area contributed by atoms with Crippen LogP contribution in [0.2, 0.25) is 0 Å². The topological polar surface area (TPSA) is 89.3 Å². The fourth-order valence-corrected chi connectivity index (χ4v) is 2.91. The first-order valence-corrected chi connectivity index (χ1v) is 8.47. The van der Waals surface area contributed by atoms with Gasteiger partial charge in [0.1, 0.15) is 6.10 Å². The lowest BCUT2D eigenvalue weighted by Gasteiger charge is -2.13. The molecule has 2 N–H and O–H groups in total.